The van der Waals surface area contributed by atoms with E-state index in [4.69, 9.17) is 0 Å². The van der Waals surface area contributed by atoms with Crippen molar-refractivity contribution >= 4 is 21.6 Å². The van der Waals surface area contributed by atoms with Crippen LogP contribution in [0.5, 0.6) is 0 Å². The number of anilines is 1. The van der Waals surface area contributed by atoms with Crippen LogP contribution in [-0.2, 0) is 14.8 Å². The van der Waals surface area contributed by atoms with Crippen molar-refractivity contribution in [1.82, 2.24) is 4.90 Å². The molecule has 5 nitrogen and oxygen atoms in total. The van der Waals surface area contributed by atoms with E-state index in [-0.39, 0.29) is 18.5 Å². The van der Waals surface area contributed by atoms with Gasteiger partial charge in [-0.25, -0.2) is 8.42 Å². The minimum absolute atomic E-state index is 0.104. The number of rotatable bonds is 5. The van der Waals surface area contributed by atoms with Crippen molar-refractivity contribution in [1.29, 1.82) is 0 Å². The number of amides is 1. The van der Waals surface area contributed by atoms with E-state index in [9.17, 15) is 13.2 Å². The van der Waals surface area contributed by atoms with Crippen LogP contribution in [0.3, 0.4) is 0 Å². The minimum atomic E-state index is -3.53. The molecular formula is C18H28N2O3S. The molecule has 0 aromatic heterocycles. The van der Waals surface area contributed by atoms with Gasteiger partial charge in [-0.15, -0.1) is 0 Å². The summed E-state index contributed by atoms with van der Waals surface area (Å²) in [6.45, 7) is 6.51. The lowest BCUT2D eigenvalue weighted by atomic mass is 10.00. The Labute approximate surface area is 145 Å². The zero-order valence-corrected chi connectivity index (χ0v) is 15.9. The number of nitrogens with zero attached hydrogens (tertiary/aromatic N) is 2. The highest BCUT2D eigenvalue weighted by molar-refractivity contribution is 7.92. The highest BCUT2D eigenvalue weighted by atomic mass is 32.2. The largest absolute Gasteiger partial charge is 0.338 e. The Kier molecular flexibility index (Phi) is 5.91. The molecule has 0 radical (unpaired) electrons. The third-order valence-electron chi connectivity index (χ3n) is 4.94. The predicted molar refractivity (Wildman–Crippen MR) is 97.7 cm³/mol. The first-order valence-electron chi connectivity index (χ1n) is 8.59. The third kappa shape index (κ3) is 4.09. The smallest absolute Gasteiger partial charge is 0.243 e. The summed E-state index contributed by atoms with van der Waals surface area (Å²) in [4.78, 5) is 14.7. The van der Waals surface area contributed by atoms with Crippen LogP contribution in [0.4, 0.5) is 5.69 Å². The molecule has 24 heavy (non-hydrogen) atoms. The van der Waals surface area contributed by atoms with Gasteiger partial charge in [-0.05, 0) is 56.7 Å². The maximum atomic E-state index is 12.8. The normalized spacial score (nSPS) is 18.5. The number of hydrogen-bond acceptors (Lipinski definition) is 3. The first-order valence-corrected chi connectivity index (χ1v) is 10.4. The Morgan fingerprint density at radius 3 is 2.62 bits per heavy atom. The van der Waals surface area contributed by atoms with E-state index in [1.807, 2.05) is 30.9 Å². The van der Waals surface area contributed by atoms with E-state index in [1.165, 1.54) is 4.31 Å². The summed E-state index contributed by atoms with van der Waals surface area (Å²) in [7, 11) is -3.53. The Bertz CT molecular complexity index is 700. The van der Waals surface area contributed by atoms with Crippen LogP contribution < -0.4 is 4.31 Å². The first-order chi connectivity index (χ1) is 11.3. The second-order valence-corrected chi connectivity index (χ2v) is 8.54. The van der Waals surface area contributed by atoms with Gasteiger partial charge in [0.1, 0.15) is 6.54 Å². The molecule has 1 saturated heterocycles. The van der Waals surface area contributed by atoms with Crippen LogP contribution in [0.2, 0.25) is 0 Å². The molecule has 1 fully saturated rings. The summed E-state index contributed by atoms with van der Waals surface area (Å²) < 4.78 is 25.9. The number of piperidine rings is 1. The molecule has 0 spiro atoms. The lowest BCUT2D eigenvalue weighted by Gasteiger charge is -2.37. The van der Waals surface area contributed by atoms with Crippen LogP contribution in [0.25, 0.3) is 0 Å². The molecule has 1 aromatic rings. The Hall–Kier alpha value is -1.56. The molecule has 0 N–H and O–H groups in total. The number of carbonyl (C=O) groups excluding carboxylic acids is 1. The fraction of sp³-hybridized carbons (Fsp3) is 0.611. The molecule has 0 saturated carbocycles. The van der Waals surface area contributed by atoms with Gasteiger partial charge in [0.25, 0.3) is 0 Å². The molecule has 134 valence electrons. The van der Waals surface area contributed by atoms with Crippen molar-refractivity contribution in [2.45, 2.75) is 52.5 Å². The lowest BCUT2D eigenvalue weighted by Crippen LogP contribution is -2.49. The lowest BCUT2D eigenvalue weighted by molar-refractivity contribution is -0.133. The SMILES string of the molecule is CCC1CCCCN1C(=O)CN(c1cccc(C)c1C)S(C)(=O)=O. The maximum absolute atomic E-state index is 12.8. The molecule has 1 heterocycles. The van der Waals surface area contributed by atoms with Crippen molar-refractivity contribution in [2.75, 3.05) is 23.7 Å². The van der Waals surface area contributed by atoms with Crippen molar-refractivity contribution in [3.8, 4) is 0 Å². The van der Waals surface area contributed by atoms with Gasteiger partial charge in [0.15, 0.2) is 0 Å². The molecule has 0 bridgehead atoms. The summed E-state index contributed by atoms with van der Waals surface area (Å²) in [5.41, 5.74) is 2.50. The fourth-order valence-corrected chi connectivity index (χ4v) is 4.25. The van der Waals surface area contributed by atoms with Crippen molar-refractivity contribution in [3.05, 3.63) is 29.3 Å². The highest BCUT2D eigenvalue weighted by Gasteiger charge is 2.29. The van der Waals surface area contributed by atoms with E-state index in [0.29, 0.717) is 5.69 Å². The van der Waals surface area contributed by atoms with Crippen LogP contribution in [-0.4, -0.2) is 44.6 Å². The zero-order chi connectivity index (χ0) is 17.9. The van der Waals surface area contributed by atoms with E-state index >= 15 is 0 Å². The number of hydrogen-bond donors (Lipinski definition) is 0. The third-order valence-corrected chi connectivity index (χ3v) is 6.07. The predicted octanol–water partition coefficient (Wildman–Crippen LogP) is 2.86. The molecule has 2 rings (SSSR count). The van der Waals surface area contributed by atoms with Crippen LogP contribution in [0.1, 0.15) is 43.7 Å². The molecule has 1 amide bonds. The average molecular weight is 353 g/mol. The summed E-state index contributed by atoms with van der Waals surface area (Å²) in [5.74, 6) is -0.104. The number of carbonyl (C=O) groups is 1. The van der Waals surface area contributed by atoms with Crippen LogP contribution in [0.15, 0.2) is 18.2 Å². The quantitative estimate of drug-likeness (QED) is 0.819. The monoisotopic (exact) mass is 352 g/mol. The second kappa shape index (κ2) is 7.55. The number of sulfonamides is 1. The van der Waals surface area contributed by atoms with Gasteiger partial charge in [-0.2, -0.15) is 0 Å². The standard InChI is InChI=1S/C18H28N2O3S/c1-5-16-10-6-7-12-19(16)18(21)13-20(24(4,22)23)17-11-8-9-14(2)15(17)3/h8-9,11,16H,5-7,10,12-13H2,1-4H3. The van der Waals surface area contributed by atoms with Gasteiger partial charge >= 0.3 is 0 Å². The number of likely N-dealkylation sites (tertiary alicyclic amines) is 1. The van der Waals surface area contributed by atoms with Crippen molar-refractivity contribution in [3.63, 3.8) is 0 Å². The Morgan fingerprint density at radius 1 is 1.29 bits per heavy atom. The average Bonchev–Trinajstić information content (AvgIpc) is 2.54. The molecule has 1 atom stereocenters. The van der Waals surface area contributed by atoms with Crippen LogP contribution in [0, 0.1) is 13.8 Å². The van der Waals surface area contributed by atoms with E-state index in [0.717, 1.165) is 49.6 Å². The summed E-state index contributed by atoms with van der Waals surface area (Å²) in [6.07, 6.45) is 5.20. The molecule has 6 heteroatoms. The van der Waals surface area contributed by atoms with Crippen molar-refractivity contribution in [2.24, 2.45) is 0 Å². The van der Waals surface area contributed by atoms with Gasteiger partial charge in [-0.3, -0.25) is 9.10 Å². The van der Waals surface area contributed by atoms with Crippen molar-refractivity contribution < 1.29 is 13.2 Å². The van der Waals surface area contributed by atoms with E-state index < -0.39 is 10.0 Å². The molecular weight excluding hydrogens is 324 g/mol. The molecule has 0 aliphatic carbocycles. The highest BCUT2D eigenvalue weighted by Crippen LogP contribution is 2.26. The van der Waals surface area contributed by atoms with Gasteiger partial charge in [0, 0.05) is 12.6 Å². The summed E-state index contributed by atoms with van der Waals surface area (Å²) in [6, 6.07) is 5.77. The number of aryl methyl sites for hydroxylation is 1. The summed E-state index contributed by atoms with van der Waals surface area (Å²) >= 11 is 0. The molecule has 1 aromatic carbocycles. The van der Waals surface area contributed by atoms with Gasteiger partial charge in [0.05, 0.1) is 11.9 Å². The molecule has 1 aliphatic rings. The minimum Gasteiger partial charge on any atom is -0.338 e. The van der Waals surface area contributed by atoms with Crippen LogP contribution >= 0.6 is 0 Å². The van der Waals surface area contributed by atoms with E-state index in [2.05, 4.69) is 6.92 Å². The zero-order valence-electron chi connectivity index (χ0n) is 15.1. The van der Waals surface area contributed by atoms with Gasteiger partial charge in [0.2, 0.25) is 15.9 Å². The Balaban J connectivity index is 2.30. The number of benzene rings is 1. The molecule has 1 aliphatic heterocycles. The maximum Gasteiger partial charge on any atom is 0.243 e. The topological polar surface area (TPSA) is 57.7 Å². The first kappa shape index (κ1) is 18.8. The second-order valence-electron chi connectivity index (χ2n) is 6.63. The summed E-state index contributed by atoms with van der Waals surface area (Å²) in [5, 5.41) is 0. The van der Waals surface area contributed by atoms with E-state index in [1.54, 1.807) is 6.07 Å². The Morgan fingerprint density at radius 2 is 2.00 bits per heavy atom. The van der Waals surface area contributed by atoms with Gasteiger partial charge in [-0.1, -0.05) is 19.1 Å². The fourth-order valence-electron chi connectivity index (χ4n) is 3.35. The molecule has 1 unspecified atom stereocenters. The van der Waals surface area contributed by atoms with Gasteiger partial charge < -0.3 is 4.90 Å².